The van der Waals surface area contributed by atoms with Crippen molar-refractivity contribution in [3.05, 3.63) is 0 Å². The van der Waals surface area contributed by atoms with E-state index in [1.807, 2.05) is 0 Å². The third-order valence-corrected chi connectivity index (χ3v) is 24.0. The Morgan fingerprint density at radius 1 is 0.240 bits per heavy atom. The Bertz CT molecular complexity index is 2170. The van der Waals surface area contributed by atoms with Crippen molar-refractivity contribution in [3.8, 4) is 0 Å². The van der Waals surface area contributed by atoms with Crippen LogP contribution in [0, 0.1) is 11.8 Å². The minimum Gasteiger partial charge on any atom is -0.481 e. The smallest absolute Gasteiger partial charge is 0.481 e. The van der Waals surface area contributed by atoms with Gasteiger partial charge in [-0.2, -0.15) is 0 Å². The fourth-order valence-corrected chi connectivity index (χ4v) is 15.6. The lowest BCUT2D eigenvalue weighted by molar-refractivity contribution is -0.146. The number of carbonyl (C=O) groups excluding carboxylic acids is 5. The molecule has 0 aromatic rings. The van der Waals surface area contributed by atoms with E-state index in [4.69, 9.17) is 38.3 Å². The zero-order chi connectivity index (χ0) is 89.6. The summed E-state index contributed by atoms with van der Waals surface area (Å²) in [5.41, 5.74) is 0. The number of hydrogen-bond acceptors (Lipinski definition) is 18. The molecule has 0 rings (SSSR count). The first-order chi connectivity index (χ1) is 59.0. The van der Waals surface area contributed by atoms with Crippen LogP contribution in [0.1, 0.15) is 481 Å². The van der Waals surface area contributed by atoms with Crippen LogP contribution in [0.3, 0.4) is 0 Å². The Labute approximate surface area is 747 Å². The molecule has 19 heteroatoms. The van der Waals surface area contributed by atoms with E-state index in [0.717, 1.165) is 206 Å². The molecular weight excluding hydrogens is 1520 g/mol. The molecule has 19 nitrogen and oxygen atoms in total. The molecule has 0 bridgehead atoms. The lowest BCUT2D eigenvalue weighted by Crippen LogP contribution is -2.39. The number of hydrogen-bond donors (Lipinski definition) is 2. The predicted molar refractivity (Wildman–Crippen MR) is 507 cm³/mol. The molecule has 0 saturated heterocycles. The second-order valence-electron chi connectivity index (χ2n) is 35.0. The number of likely N-dealkylation sites (N-methyl/N-ethyl adjacent to an activating group) is 2. The van der Waals surface area contributed by atoms with Crippen LogP contribution >= 0.6 is 0 Å². The van der Waals surface area contributed by atoms with Gasteiger partial charge >= 0.3 is 36.2 Å². The topological polar surface area (TPSA) is 220 Å². The van der Waals surface area contributed by atoms with Crippen LogP contribution in [0.15, 0.2) is 0 Å². The summed E-state index contributed by atoms with van der Waals surface area (Å²) in [6, 6.07) is 0. The average Bonchev–Trinajstić information content (AvgIpc) is 0.954. The van der Waals surface area contributed by atoms with Gasteiger partial charge in [-0.25, -0.2) is 9.59 Å². The van der Waals surface area contributed by atoms with Crippen molar-refractivity contribution in [1.29, 1.82) is 0 Å². The molecule has 0 radical (unpaired) electrons. The maximum atomic E-state index is 12.9. The number of nitrogens with zero attached hydrogens (tertiary/aromatic N) is 4. The van der Waals surface area contributed by atoms with Crippen LogP contribution in [0.25, 0.3) is 0 Å². The zero-order valence-electron chi connectivity index (χ0n) is 81.9. The summed E-state index contributed by atoms with van der Waals surface area (Å²) in [7, 11) is 0. The highest BCUT2D eigenvalue weighted by Gasteiger charge is 2.21. The Hall–Kier alpha value is -3.78. The Morgan fingerprint density at radius 3 is 0.760 bits per heavy atom. The Kier molecular flexibility index (Phi) is 98.7. The number of unbranched alkanes of at least 4 members (excludes halogenated alkanes) is 40. The highest BCUT2D eigenvalue weighted by molar-refractivity contribution is 5.70. The summed E-state index contributed by atoms with van der Waals surface area (Å²) in [6.45, 7) is 38.4. The van der Waals surface area contributed by atoms with E-state index in [1.54, 1.807) is 0 Å². The number of aliphatic hydroxyl groups is 1. The number of aliphatic carboxylic acids is 1. The van der Waals surface area contributed by atoms with Gasteiger partial charge in [0.2, 0.25) is 0 Å². The van der Waals surface area contributed by atoms with Crippen LogP contribution in [-0.2, 0) is 52.3 Å². The van der Waals surface area contributed by atoms with Crippen molar-refractivity contribution in [2.24, 2.45) is 11.8 Å². The molecule has 4 unspecified atom stereocenters. The predicted octanol–water partition coefficient (Wildman–Crippen LogP) is 27.6. The van der Waals surface area contributed by atoms with Crippen molar-refractivity contribution in [3.63, 3.8) is 0 Å². The molecule has 121 heavy (non-hydrogen) atoms. The average molecular weight is 1720 g/mol. The van der Waals surface area contributed by atoms with Crippen molar-refractivity contribution < 1.29 is 72.1 Å². The SMILES string of the molecule is CCCCCCC(CCCC)COC(=O)CCCCCCCCC(CCCCCC)OC(=O)OCCN(CCO)CCN(CC)CC.CCCCCCCCCCCC(=O)O.CCCCCCCCCCCC(=O)OCCN(CCOC(=O)OC(CCCCCC)CCCCCCCCC(=O)OCC(CCCC)CCCCCC)CCN(CC)CC. The summed E-state index contributed by atoms with van der Waals surface area (Å²) in [5.74, 6) is 0.194. The number of esters is 3. The van der Waals surface area contributed by atoms with Gasteiger partial charge in [-0.05, 0) is 141 Å². The first-order valence-electron chi connectivity index (χ1n) is 51.9. The molecule has 0 aliphatic rings. The Morgan fingerprint density at radius 2 is 0.471 bits per heavy atom. The summed E-state index contributed by atoms with van der Waals surface area (Å²) < 4.78 is 39.8. The first kappa shape index (κ1) is 121. The molecule has 0 heterocycles. The summed E-state index contributed by atoms with van der Waals surface area (Å²) >= 11 is 0. The van der Waals surface area contributed by atoms with Crippen LogP contribution < -0.4 is 0 Å². The molecule has 0 aliphatic heterocycles. The monoisotopic (exact) mass is 1720 g/mol. The van der Waals surface area contributed by atoms with E-state index in [0.29, 0.717) is 83.5 Å². The number of carboxylic acid groups (broad SMARTS) is 1. The third kappa shape index (κ3) is 90.8. The summed E-state index contributed by atoms with van der Waals surface area (Å²) in [6.07, 6.45) is 67.6. The highest BCUT2D eigenvalue weighted by atomic mass is 16.7. The number of rotatable bonds is 91. The second kappa shape index (κ2) is 98.4. The third-order valence-electron chi connectivity index (χ3n) is 24.0. The lowest BCUT2D eigenvalue weighted by atomic mass is 9.96. The highest BCUT2D eigenvalue weighted by Crippen LogP contribution is 2.24. The molecule has 0 saturated carbocycles. The summed E-state index contributed by atoms with van der Waals surface area (Å²) in [4.78, 5) is 81.9. The van der Waals surface area contributed by atoms with Crippen LogP contribution in [0.4, 0.5) is 9.59 Å². The normalized spacial score (nSPS) is 12.4. The van der Waals surface area contributed by atoms with Crippen molar-refractivity contribution >= 4 is 36.2 Å². The van der Waals surface area contributed by atoms with E-state index in [-0.39, 0.29) is 49.9 Å². The maximum Gasteiger partial charge on any atom is 0.508 e. The van der Waals surface area contributed by atoms with E-state index < -0.39 is 18.3 Å². The standard InChI is InChI=1S/C51H100N2O7.C39H78N2O6.C12H24O2/c1-7-13-17-20-21-22-23-27-32-38-49(54)57-44-42-53(41-40-52(11-5)12-6)43-45-58-51(56)60-48(36-30-19-15-9-3)37-31-26-24-25-28-33-39-50(55)59-46-47(34-16-10-4)35-29-18-14-8-2;1-6-11-14-20-25-36(24-13-8-3)35-46-38(43)28-23-19-17-16-18-22-27-37(26-21-15-12-7-2)47-39(44)45-34-32-41(31-33-42)30-29-40(9-4)10-5;1-2-3-4-5-6-7-8-9-10-11-12(13)14/h47-48H,7-46H2,1-6H3;36-37,42H,6-35H2,1-5H3;2-11H2,1H3,(H,13,14). The van der Waals surface area contributed by atoms with Gasteiger partial charge in [0.05, 0.1) is 19.8 Å². The molecule has 720 valence electrons. The van der Waals surface area contributed by atoms with Gasteiger partial charge in [0.25, 0.3) is 0 Å². The van der Waals surface area contributed by atoms with Crippen LogP contribution in [0.2, 0.25) is 0 Å². The molecule has 0 fully saturated rings. The molecule has 0 aliphatic carbocycles. The van der Waals surface area contributed by atoms with Gasteiger partial charge in [-0.1, -0.05) is 353 Å². The molecule has 0 amide bonds. The minimum atomic E-state index is -0.659. The lowest BCUT2D eigenvalue weighted by Gasteiger charge is -2.26. The minimum absolute atomic E-state index is 0.0317. The van der Waals surface area contributed by atoms with Gasteiger partial charge < -0.3 is 53.2 Å². The van der Waals surface area contributed by atoms with E-state index >= 15 is 0 Å². The summed E-state index contributed by atoms with van der Waals surface area (Å²) in [5, 5.41) is 17.8. The maximum absolute atomic E-state index is 12.9. The van der Waals surface area contributed by atoms with E-state index in [9.17, 15) is 33.9 Å². The molecular formula is C102H202N4O15. The largest absolute Gasteiger partial charge is 0.508 e. The second-order valence-corrected chi connectivity index (χ2v) is 35.0. The van der Waals surface area contributed by atoms with Crippen molar-refractivity contribution in [2.75, 3.05) is 118 Å². The van der Waals surface area contributed by atoms with Crippen molar-refractivity contribution in [1.82, 2.24) is 19.6 Å². The molecule has 2 N–H and O–H groups in total. The zero-order valence-corrected chi connectivity index (χ0v) is 81.9. The number of carboxylic acids is 1. The van der Waals surface area contributed by atoms with Crippen molar-refractivity contribution in [2.45, 2.75) is 493 Å². The fourth-order valence-electron chi connectivity index (χ4n) is 15.6. The van der Waals surface area contributed by atoms with Gasteiger partial charge in [0.15, 0.2) is 0 Å². The quantitative estimate of drug-likeness (QED) is 0.0328. The van der Waals surface area contributed by atoms with Gasteiger partial charge in [-0.15, -0.1) is 0 Å². The van der Waals surface area contributed by atoms with Gasteiger partial charge in [0, 0.05) is 78.0 Å². The van der Waals surface area contributed by atoms with Crippen LogP contribution in [-0.4, -0.2) is 196 Å². The number of aliphatic hydroxyl groups excluding tert-OH is 1. The molecule has 0 spiro atoms. The number of ether oxygens (including phenoxy) is 7. The van der Waals surface area contributed by atoms with Gasteiger partial charge in [-0.3, -0.25) is 29.0 Å². The Balaban J connectivity index is -0.00000202. The fraction of sp³-hybridized carbons (Fsp3) is 0.941. The van der Waals surface area contributed by atoms with Gasteiger partial charge in [0.1, 0.15) is 32.0 Å². The first-order valence-corrected chi connectivity index (χ1v) is 51.9. The van der Waals surface area contributed by atoms with Crippen LogP contribution in [0.5, 0.6) is 0 Å². The molecule has 0 aromatic carbocycles. The van der Waals surface area contributed by atoms with E-state index in [2.05, 4.69) is 103 Å². The molecule has 4 atom stereocenters. The number of carbonyl (C=O) groups is 6. The van der Waals surface area contributed by atoms with E-state index in [1.165, 1.54) is 218 Å². The molecule has 0 aromatic heterocycles.